The first-order valence-corrected chi connectivity index (χ1v) is 8.80. The smallest absolute Gasteiger partial charge is 0.169 e. The van der Waals surface area contributed by atoms with E-state index in [4.69, 9.17) is 9.47 Å². The molecule has 0 aliphatic rings. The van der Waals surface area contributed by atoms with Crippen LogP contribution in [-0.2, 0) is 0 Å². The fourth-order valence-electron chi connectivity index (χ4n) is 3.14. The lowest BCUT2D eigenvalue weighted by Gasteiger charge is -2.14. The number of ether oxygens (including phenoxy) is 2. The van der Waals surface area contributed by atoms with E-state index in [1.165, 1.54) is 14.2 Å². The molecule has 0 amide bonds. The molecule has 0 aliphatic carbocycles. The Morgan fingerprint density at radius 3 is 1.52 bits per heavy atom. The molecule has 0 N–H and O–H groups in total. The van der Waals surface area contributed by atoms with E-state index in [0.29, 0.717) is 22.6 Å². The van der Waals surface area contributed by atoms with Crippen LogP contribution < -0.4 is 9.47 Å². The van der Waals surface area contributed by atoms with Gasteiger partial charge in [-0.1, -0.05) is 36.4 Å². The van der Waals surface area contributed by atoms with Gasteiger partial charge in [0.1, 0.15) is 22.5 Å². The predicted octanol–water partition coefficient (Wildman–Crippen LogP) is 5.32. The van der Waals surface area contributed by atoms with Crippen molar-refractivity contribution in [2.75, 3.05) is 14.2 Å². The summed E-state index contributed by atoms with van der Waals surface area (Å²) in [5.41, 5.74) is 1.47. The van der Waals surface area contributed by atoms with Crippen molar-refractivity contribution < 1.29 is 18.3 Å². The Balaban J connectivity index is 2.10. The Labute approximate surface area is 158 Å². The molecule has 4 rings (SSSR count). The summed E-state index contributed by atoms with van der Waals surface area (Å²) in [7, 11) is 2.96. The van der Waals surface area contributed by atoms with Crippen LogP contribution in [0.15, 0.2) is 48.5 Å². The fraction of sp³-hybridized carbons (Fsp3) is 0.100. The maximum absolute atomic E-state index is 15.3. The van der Waals surface area contributed by atoms with Gasteiger partial charge >= 0.3 is 0 Å². The molecule has 3 aromatic carbocycles. The number of hydrogen-bond donors (Lipinski definition) is 0. The lowest BCUT2D eigenvalue weighted by atomic mass is 9.95. The number of hydrogen-bond acceptors (Lipinski definition) is 5. The van der Waals surface area contributed by atoms with Crippen LogP contribution in [0.4, 0.5) is 8.78 Å². The molecule has 0 spiro atoms. The van der Waals surface area contributed by atoms with Crippen LogP contribution in [0.25, 0.3) is 33.3 Å². The molecule has 0 saturated heterocycles. The highest BCUT2D eigenvalue weighted by Gasteiger charge is 2.27. The van der Waals surface area contributed by atoms with E-state index in [1.54, 1.807) is 48.5 Å². The summed E-state index contributed by atoms with van der Waals surface area (Å²) in [6.45, 7) is 0. The maximum Gasteiger partial charge on any atom is 0.169 e. The normalized spacial score (nSPS) is 11.0. The van der Waals surface area contributed by atoms with Crippen molar-refractivity contribution in [3.63, 3.8) is 0 Å². The van der Waals surface area contributed by atoms with Gasteiger partial charge in [-0.2, -0.15) is 8.75 Å². The molecule has 1 aromatic heterocycles. The van der Waals surface area contributed by atoms with Crippen molar-refractivity contribution in [1.29, 1.82) is 0 Å². The number of rotatable bonds is 4. The quantitative estimate of drug-likeness (QED) is 0.478. The zero-order chi connectivity index (χ0) is 19.0. The minimum absolute atomic E-state index is 0.0346. The van der Waals surface area contributed by atoms with Gasteiger partial charge in [0.05, 0.1) is 37.1 Å². The summed E-state index contributed by atoms with van der Waals surface area (Å²) in [5, 5.41) is 0. The lowest BCUT2D eigenvalue weighted by molar-refractivity contribution is 0.415. The predicted molar refractivity (Wildman–Crippen MR) is 101 cm³/mol. The number of halogens is 2. The van der Waals surface area contributed by atoms with Crippen molar-refractivity contribution in [2.24, 2.45) is 0 Å². The molecule has 0 atom stereocenters. The molecular formula is C20H14F2N2O2S. The first kappa shape index (κ1) is 17.4. The van der Waals surface area contributed by atoms with Crippen LogP contribution in [0.2, 0.25) is 0 Å². The third-order valence-electron chi connectivity index (χ3n) is 4.35. The van der Waals surface area contributed by atoms with E-state index in [1.807, 2.05) is 0 Å². The Kier molecular flexibility index (Phi) is 4.45. The van der Waals surface area contributed by atoms with E-state index < -0.39 is 11.6 Å². The minimum atomic E-state index is -0.999. The first-order chi connectivity index (χ1) is 13.2. The molecule has 136 valence electrons. The summed E-state index contributed by atoms with van der Waals surface area (Å²) < 4.78 is 49.6. The van der Waals surface area contributed by atoms with Crippen molar-refractivity contribution in [1.82, 2.24) is 8.75 Å². The molecule has 1 heterocycles. The monoisotopic (exact) mass is 384 g/mol. The Bertz CT molecular complexity index is 1060. The molecule has 0 aliphatic heterocycles. The zero-order valence-electron chi connectivity index (χ0n) is 14.5. The molecule has 27 heavy (non-hydrogen) atoms. The summed E-state index contributed by atoms with van der Waals surface area (Å²) >= 11 is 0.900. The van der Waals surface area contributed by atoms with Gasteiger partial charge in [-0.25, -0.2) is 8.78 Å². The highest BCUT2D eigenvalue weighted by Crippen LogP contribution is 2.43. The topological polar surface area (TPSA) is 44.2 Å². The van der Waals surface area contributed by atoms with Gasteiger partial charge in [0.2, 0.25) is 0 Å². The minimum Gasteiger partial charge on any atom is -0.496 e. The lowest BCUT2D eigenvalue weighted by Crippen LogP contribution is -1.99. The second-order valence-electron chi connectivity index (χ2n) is 5.74. The van der Waals surface area contributed by atoms with Crippen LogP contribution in [0.3, 0.4) is 0 Å². The molecule has 0 saturated carbocycles. The zero-order valence-corrected chi connectivity index (χ0v) is 15.3. The van der Waals surface area contributed by atoms with Gasteiger partial charge in [0.15, 0.2) is 11.6 Å². The standard InChI is InChI=1S/C20H14F2N2O2S/c1-25-13-9-5-3-7-11(13)15-17(21)18(22)16(20-19(15)23-27-24-20)12-8-4-6-10-14(12)26-2/h3-10H,1-2H3. The average Bonchev–Trinajstić information content (AvgIpc) is 3.18. The number of aromatic nitrogens is 2. The van der Waals surface area contributed by atoms with Gasteiger partial charge in [-0.15, -0.1) is 0 Å². The number of para-hydroxylation sites is 2. The number of benzene rings is 3. The summed E-state index contributed by atoms with van der Waals surface area (Å²) in [6.07, 6.45) is 0. The van der Waals surface area contributed by atoms with Gasteiger partial charge in [0.25, 0.3) is 0 Å². The largest absolute Gasteiger partial charge is 0.496 e. The van der Waals surface area contributed by atoms with Crippen molar-refractivity contribution in [2.45, 2.75) is 0 Å². The van der Waals surface area contributed by atoms with E-state index >= 15 is 8.78 Å². The van der Waals surface area contributed by atoms with Gasteiger partial charge in [-0.3, -0.25) is 0 Å². The molecule has 0 radical (unpaired) electrons. The molecule has 4 aromatic rings. The molecule has 0 unspecified atom stereocenters. The third-order valence-corrected chi connectivity index (χ3v) is 4.87. The molecule has 0 bridgehead atoms. The highest BCUT2D eigenvalue weighted by atomic mass is 32.1. The van der Waals surface area contributed by atoms with Crippen molar-refractivity contribution in [3.8, 4) is 33.8 Å². The number of nitrogens with zero attached hydrogens (tertiary/aromatic N) is 2. The average molecular weight is 384 g/mol. The second kappa shape index (κ2) is 6.92. The summed E-state index contributed by atoms with van der Waals surface area (Å²) in [4.78, 5) is 0. The highest BCUT2D eigenvalue weighted by molar-refractivity contribution is 7.00. The fourth-order valence-corrected chi connectivity index (χ4v) is 3.70. The molecule has 0 fully saturated rings. The number of methoxy groups -OCH3 is 2. The second-order valence-corrected chi connectivity index (χ2v) is 6.27. The summed E-state index contributed by atoms with van der Waals surface area (Å²) in [6, 6.07) is 13.7. The van der Waals surface area contributed by atoms with E-state index in [2.05, 4.69) is 8.75 Å². The van der Waals surface area contributed by atoms with E-state index in [9.17, 15) is 0 Å². The van der Waals surface area contributed by atoms with E-state index in [0.717, 1.165) is 11.7 Å². The van der Waals surface area contributed by atoms with Crippen LogP contribution >= 0.6 is 11.7 Å². The SMILES string of the molecule is COc1ccccc1-c1c(F)c(F)c(-c2ccccc2OC)c2nsnc12. The van der Waals surface area contributed by atoms with E-state index in [-0.39, 0.29) is 22.2 Å². The van der Waals surface area contributed by atoms with Gasteiger partial charge < -0.3 is 9.47 Å². The van der Waals surface area contributed by atoms with Crippen molar-refractivity contribution in [3.05, 3.63) is 60.2 Å². The number of fused-ring (bicyclic) bond motifs is 1. The van der Waals surface area contributed by atoms with Crippen LogP contribution in [0.1, 0.15) is 0 Å². The molecule has 7 heteroatoms. The van der Waals surface area contributed by atoms with Gasteiger partial charge in [-0.05, 0) is 12.1 Å². The molecule has 4 nitrogen and oxygen atoms in total. The Morgan fingerprint density at radius 2 is 1.11 bits per heavy atom. The third kappa shape index (κ3) is 2.71. The Morgan fingerprint density at radius 1 is 0.704 bits per heavy atom. The van der Waals surface area contributed by atoms with Crippen LogP contribution in [0, 0.1) is 11.6 Å². The first-order valence-electron chi connectivity index (χ1n) is 8.07. The van der Waals surface area contributed by atoms with Gasteiger partial charge in [0, 0.05) is 11.1 Å². The molecular weight excluding hydrogens is 370 g/mol. The maximum atomic E-state index is 15.3. The summed E-state index contributed by atoms with van der Waals surface area (Å²) in [5.74, 6) is -1.15. The van der Waals surface area contributed by atoms with Crippen LogP contribution in [-0.4, -0.2) is 23.0 Å². The van der Waals surface area contributed by atoms with Crippen molar-refractivity contribution >= 4 is 22.8 Å². The Hall–Kier alpha value is -3.06. The van der Waals surface area contributed by atoms with Crippen LogP contribution in [0.5, 0.6) is 11.5 Å².